The topological polar surface area (TPSA) is 0 Å². The Labute approximate surface area is 286 Å². The molecule has 0 spiro atoms. The summed E-state index contributed by atoms with van der Waals surface area (Å²) in [6, 6.07) is 63.0. The summed E-state index contributed by atoms with van der Waals surface area (Å²) >= 11 is 0. The minimum Gasteiger partial charge on any atom is -0.0622 e. The van der Waals surface area contributed by atoms with E-state index in [0.29, 0.717) is 0 Å². The molecule has 0 N–H and O–H groups in total. The van der Waals surface area contributed by atoms with Crippen molar-refractivity contribution < 1.29 is 0 Å². The van der Waals surface area contributed by atoms with E-state index in [1.807, 2.05) is 0 Å². The van der Waals surface area contributed by atoms with Gasteiger partial charge in [0.2, 0.25) is 0 Å². The van der Waals surface area contributed by atoms with Gasteiger partial charge in [-0.3, -0.25) is 0 Å². The van der Waals surface area contributed by atoms with E-state index in [0.717, 1.165) is 0 Å². The number of hydrogen-bond donors (Lipinski definition) is 0. The molecule has 0 heterocycles. The molecule has 1 aliphatic rings. The second-order valence-electron chi connectivity index (χ2n) is 14.0. The normalized spacial score (nSPS) is 13.3. The number of fused-ring (bicyclic) bond motifs is 8. The highest BCUT2D eigenvalue weighted by Crippen LogP contribution is 2.54. The fourth-order valence-electron chi connectivity index (χ4n) is 8.82. The molecule has 0 aliphatic heterocycles. The fraction of sp³-hybridized carbons (Fsp3) is 0.0612. The lowest BCUT2D eigenvalue weighted by Crippen LogP contribution is -2.16. The summed E-state index contributed by atoms with van der Waals surface area (Å²) in [5, 5.41) is 10.3. The van der Waals surface area contributed by atoms with Gasteiger partial charge in [0.05, 0.1) is 0 Å². The van der Waals surface area contributed by atoms with E-state index in [1.165, 1.54) is 98.7 Å². The number of benzene rings is 9. The Balaban J connectivity index is 1.14. The molecule has 0 nitrogen and oxygen atoms in total. The molecule has 0 amide bonds. The van der Waals surface area contributed by atoms with Gasteiger partial charge in [-0.05, 0) is 111 Å². The van der Waals surface area contributed by atoms with Gasteiger partial charge in [-0.25, -0.2) is 0 Å². The lowest BCUT2D eigenvalue weighted by molar-refractivity contribution is 0.662. The van der Waals surface area contributed by atoms with E-state index in [2.05, 4.69) is 184 Å². The van der Waals surface area contributed by atoms with Crippen LogP contribution in [0.3, 0.4) is 0 Å². The summed E-state index contributed by atoms with van der Waals surface area (Å²) in [6.07, 6.45) is 0. The quantitative estimate of drug-likeness (QED) is 0.172. The van der Waals surface area contributed by atoms with Gasteiger partial charge in [0, 0.05) is 5.41 Å². The third-order valence-corrected chi connectivity index (χ3v) is 11.0. The molecule has 0 aromatic heterocycles. The van der Waals surface area contributed by atoms with Crippen molar-refractivity contribution in [3.63, 3.8) is 0 Å². The van der Waals surface area contributed by atoms with Crippen molar-refractivity contribution in [2.24, 2.45) is 0 Å². The highest BCUT2D eigenvalue weighted by molar-refractivity contribution is 6.21. The van der Waals surface area contributed by atoms with Crippen molar-refractivity contribution in [3.8, 4) is 44.5 Å². The SMILES string of the molecule is CC1(C)c2ccc3ccccc3c2-c2cccc(-c3ccc4cc(-c5c6ccccc6c(-c6ccccc6)c6ccccc56)ccc4c3)c21. The number of rotatable bonds is 3. The van der Waals surface area contributed by atoms with Crippen molar-refractivity contribution >= 4 is 43.1 Å². The maximum atomic E-state index is 2.39. The van der Waals surface area contributed by atoms with Crippen molar-refractivity contribution in [1.82, 2.24) is 0 Å². The highest BCUT2D eigenvalue weighted by atomic mass is 14.4. The summed E-state index contributed by atoms with van der Waals surface area (Å²) in [5.74, 6) is 0. The first-order valence-electron chi connectivity index (χ1n) is 17.3. The van der Waals surface area contributed by atoms with Crippen molar-refractivity contribution in [3.05, 3.63) is 181 Å². The molecule has 10 rings (SSSR count). The van der Waals surface area contributed by atoms with E-state index in [9.17, 15) is 0 Å². The largest absolute Gasteiger partial charge is 0.0622 e. The zero-order valence-corrected chi connectivity index (χ0v) is 27.7. The average Bonchev–Trinajstić information content (AvgIpc) is 3.40. The van der Waals surface area contributed by atoms with Crippen molar-refractivity contribution in [2.75, 3.05) is 0 Å². The van der Waals surface area contributed by atoms with Crippen LogP contribution in [0.4, 0.5) is 0 Å². The molecule has 9 aromatic carbocycles. The first-order chi connectivity index (χ1) is 24.1. The number of hydrogen-bond acceptors (Lipinski definition) is 0. The van der Waals surface area contributed by atoms with Crippen LogP contribution in [0.5, 0.6) is 0 Å². The molecule has 49 heavy (non-hydrogen) atoms. The van der Waals surface area contributed by atoms with Crippen LogP contribution in [0.25, 0.3) is 87.6 Å². The first kappa shape index (κ1) is 28.1. The first-order valence-corrected chi connectivity index (χ1v) is 17.3. The van der Waals surface area contributed by atoms with E-state index >= 15 is 0 Å². The Morgan fingerprint density at radius 1 is 0.327 bits per heavy atom. The van der Waals surface area contributed by atoms with E-state index < -0.39 is 0 Å². The summed E-state index contributed by atoms with van der Waals surface area (Å²) in [4.78, 5) is 0. The summed E-state index contributed by atoms with van der Waals surface area (Å²) in [7, 11) is 0. The predicted octanol–water partition coefficient (Wildman–Crippen LogP) is 13.6. The Hall–Kier alpha value is -5.98. The van der Waals surface area contributed by atoms with Crippen LogP contribution in [-0.4, -0.2) is 0 Å². The molecule has 1 aliphatic carbocycles. The maximum Gasteiger partial charge on any atom is 0.0165 e. The Bertz CT molecular complexity index is 2720. The molecule has 0 fully saturated rings. The Morgan fingerprint density at radius 2 is 0.837 bits per heavy atom. The molecule has 0 atom stereocenters. The van der Waals surface area contributed by atoms with Crippen molar-refractivity contribution in [1.29, 1.82) is 0 Å². The lowest BCUT2D eigenvalue weighted by atomic mass is 9.78. The van der Waals surface area contributed by atoms with Gasteiger partial charge in [0.25, 0.3) is 0 Å². The predicted molar refractivity (Wildman–Crippen MR) is 210 cm³/mol. The molecule has 230 valence electrons. The van der Waals surface area contributed by atoms with E-state index in [4.69, 9.17) is 0 Å². The second kappa shape index (κ2) is 10.5. The summed E-state index contributed by atoms with van der Waals surface area (Å²) in [5.41, 5.74) is 13.2. The Morgan fingerprint density at radius 3 is 1.51 bits per heavy atom. The molecule has 0 heteroatoms. The Kier molecular flexibility index (Phi) is 6.02. The zero-order valence-electron chi connectivity index (χ0n) is 27.7. The second-order valence-corrected chi connectivity index (χ2v) is 14.0. The van der Waals surface area contributed by atoms with Gasteiger partial charge in [-0.15, -0.1) is 0 Å². The van der Waals surface area contributed by atoms with Gasteiger partial charge in [0.1, 0.15) is 0 Å². The fourth-order valence-corrected chi connectivity index (χ4v) is 8.82. The van der Waals surface area contributed by atoms with Crippen molar-refractivity contribution in [2.45, 2.75) is 19.3 Å². The summed E-state index contributed by atoms with van der Waals surface area (Å²) < 4.78 is 0. The highest BCUT2D eigenvalue weighted by Gasteiger charge is 2.38. The third kappa shape index (κ3) is 4.11. The average molecular weight is 623 g/mol. The summed E-state index contributed by atoms with van der Waals surface area (Å²) in [6.45, 7) is 4.78. The lowest BCUT2D eigenvalue weighted by Gasteiger charge is -2.24. The van der Waals surface area contributed by atoms with Crippen LogP contribution >= 0.6 is 0 Å². The molecule has 0 radical (unpaired) electrons. The molecule has 0 saturated carbocycles. The smallest absolute Gasteiger partial charge is 0.0165 e. The van der Waals surface area contributed by atoms with Crippen LogP contribution in [0.15, 0.2) is 170 Å². The minimum absolute atomic E-state index is 0.0991. The van der Waals surface area contributed by atoms with Crippen LogP contribution < -0.4 is 0 Å². The van der Waals surface area contributed by atoms with Gasteiger partial charge in [0.15, 0.2) is 0 Å². The van der Waals surface area contributed by atoms with Gasteiger partial charge < -0.3 is 0 Å². The van der Waals surface area contributed by atoms with Crippen LogP contribution in [0.2, 0.25) is 0 Å². The molecule has 0 bridgehead atoms. The van der Waals surface area contributed by atoms with Crippen LogP contribution in [0, 0.1) is 0 Å². The molecular formula is C49H34. The monoisotopic (exact) mass is 622 g/mol. The molecule has 9 aromatic rings. The van der Waals surface area contributed by atoms with Gasteiger partial charge in [-0.1, -0.05) is 172 Å². The third-order valence-electron chi connectivity index (χ3n) is 11.0. The standard InChI is InChI=1S/C49H34/c1-49(2)44-28-27-31-13-6-7-16-37(31)47(44)43-22-12-21-38(48(43)49)35-25-23-34-30-36(26-24-33(34)29-35)46-41-19-10-8-17-39(41)45(32-14-4-3-5-15-32)40-18-9-11-20-42(40)46/h3-30H,1-2H3. The molecule has 0 unspecified atom stereocenters. The van der Waals surface area contributed by atoms with Crippen LogP contribution in [-0.2, 0) is 5.41 Å². The van der Waals surface area contributed by atoms with Gasteiger partial charge >= 0.3 is 0 Å². The molecule has 0 saturated heterocycles. The van der Waals surface area contributed by atoms with E-state index in [-0.39, 0.29) is 5.41 Å². The van der Waals surface area contributed by atoms with Gasteiger partial charge in [-0.2, -0.15) is 0 Å². The van der Waals surface area contributed by atoms with E-state index in [1.54, 1.807) is 0 Å². The minimum atomic E-state index is -0.0991. The molecular weight excluding hydrogens is 589 g/mol. The zero-order chi connectivity index (χ0) is 32.7. The van der Waals surface area contributed by atoms with Crippen LogP contribution in [0.1, 0.15) is 25.0 Å². The maximum absolute atomic E-state index is 2.39.